The molecular formula is C17H23FN2O4S. The third-order valence-electron chi connectivity index (χ3n) is 3.64. The number of halogens is 1. The van der Waals surface area contributed by atoms with E-state index >= 15 is 0 Å². The molecule has 0 unspecified atom stereocenters. The fourth-order valence-corrected chi connectivity index (χ4v) is 3.28. The molecule has 1 aliphatic heterocycles. The molecule has 1 saturated heterocycles. The van der Waals surface area contributed by atoms with Gasteiger partial charge in [-0.2, -0.15) is 0 Å². The number of methoxy groups -OCH3 is 1. The SMILES string of the molecule is COC(=O)c1ccc(F)c(SN2CC(N(C)C(=O)OC(C)(C)C)C2)c1. The topological polar surface area (TPSA) is 59.1 Å². The van der Waals surface area contributed by atoms with Gasteiger partial charge in [-0.25, -0.2) is 18.3 Å². The molecule has 1 amide bonds. The number of ether oxygens (including phenoxy) is 2. The Hall–Kier alpha value is -1.80. The minimum absolute atomic E-state index is 0.00852. The van der Waals surface area contributed by atoms with E-state index in [1.54, 1.807) is 11.9 Å². The summed E-state index contributed by atoms with van der Waals surface area (Å²) in [6, 6.07) is 4.12. The molecule has 0 spiro atoms. The first-order chi connectivity index (χ1) is 11.6. The standard InChI is InChI=1S/C17H23FN2O4S/c1-17(2,3)24-16(22)19(4)12-9-20(10-12)25-14-8-11(15(21)23-5)6-7-13(14)18/h6-8,12H,9-10H2,1-5H3. The van der Waals surface area contributed by atoms with Gasteiger partial charge in [0.05, 0.1) is 23.6 Å². The number of nitrogens with zero attached hydrogens (tertiary/aromatic N) is 2. The molecule has 0 N–H and O–H groups in total. The number of rotatable bonds is 4. The van der Waals surface area contributed by atoms with Crippen LogP contribution in [0.1, 0.15) is 31.1 Å². The van der Waals surface area contributed by atoms with E-state index in [1.165, 1.54) is 37.3 Å². The summed E-state index contributed by atoms with van der Waals surface area (Å²) in [6.45, 7) is 6.63. The Morgan fingerprint density at radius 3 is 2.52 bits per heavy atom. The van der Waals surface area contributed by atoms with Crippen LogP contribution in [0.15, 0.2) is 23.1 Å². The van der Waals surface area contributed by atoms with Gasteiger partial charge in [0.15, 0.2) is 0 Å². The van der Waals surface area contributed by atoms with Gasteiger partial charge in [0.1, 0.15) is 11.4 Å². The zero-order chi connectivity index (χ0) is 18.8. The van der Waals surface area contributed by atoms with Crippen molar-refractivity contribution >= 4 is 24.0 Å². The highest BCUT2D eigenvalue weighted by molar-refractivity contribution is 7.97. The van der Waals surface area contributed by atoms with Gasteiger partial charge in [0.25, 0.3) is 0 Å². The highest BCUT2D eigenvalue weighted by atomic mass is 32.2. The average molecular weight is 370 g/mol. The number of hydrogen-bond donors (Lipinski definition) is 0. The van der Waals surface area contributed by atoms with Crippen LogP contribution in [0.4, 0.5) is 9.18 Å². The first-order valence-electron chi connectivity index (χ1n) is 7.87. The fraction of sp³-hybridized carbons (Fsp3) is 0.529. The number of hydrogen-bond acceptors (Lipinski definition) is 6. The van der Waals surface area contributed by atoms with Gasteiger partial charge in [-0.15, -0.1) is 0 Å². The molecule has 0 aromatic heterocycles. The Morgan fingerprint density at radius 1 is 1.32 bits per heavy atom. The van der Waals surface area contributed by atoms with Crippen molar-refractivity contribution < 1.29 is 23.5 Å². The number of carbonyl (C=O) groups is 2. The molecule has 8 heteroatoms. The van der Waals surface area contributed by atoms with Gasteiger partial charge >= 0.3 is 12.1 Å². The lowest BCUT2D eigenvalue weighted by Gasteiger charge is -2.43. The van der Waals surface area contributed by atoms with Crippen LogP contribution in [-0.4, -0.2) is 60.2 Å². The van der Waals surface area contributed by atoms with E-state index < -0.39 is 17.4 Å². The maximum absolute atomic E-state index is 13.9. The van der Waals surface area contributed by atoms with Crippen molar-refractivity contribution in [1.29, 1.82) is 0 Å². The van der Waals surface area contributed by atoms with Gasteiger partial charge in [0.2, 0.25) is 0 Å². The van der Waals surface area contributed by atoms with Crippen LogP contribution in [0, 0.1) is 5.82 Å². The van der Waals surface area contributed by atoms with E-state index in [4.69, 9.17) is 4.74 Å². The molecule has 2 rings (SSSR count). The average Bonchev–Trinajstić information content (AvgIpc) is 2.48. The summed E-state index contributed by atoms with van der Waals surface area (Å²) >= 11 is 1.22. The van der Waals surface area contributed by atoms with Crippen LogP contribution >= 0.6 is 11.9 Å². The predicted octanol–water partition coefficient (Wildman–Crippen LogP) is 3.17. The van der Waals surface area contributed by atoms with Crippen LogP contribution in [-0.2, 0) is 9.47 Å². The molecule has 0 bridgehead atoms. The number of amides is 1. The molecule has 0 saturated carbocycles. The smallest absolute Gasteiger partial charge is 0.410 e. The van der Waals surface area contributed by atoms with E-state index in [1.807, 2.05) is 25.1 Å². The van der Waals surface area contributed by atoms with Crippen molar-refractivity contribution in [3.8, 4) is 0 Å². The maximum atomic E-state index is 13.9. The summed E-state index contributed by atoms with van der Waals surface area (Å²) in [6.07, 6.45) is -0.374. The second-order valence-electron chi connectivity index (χ2n) is 6.82. The fourth-order valence-electron chi connectivity index (χ4n) is 2.18. The lowest BCUT2D eigenvalue weighted by atomic mass is 10.1. The van der Waals surface area contributed by atoms with Crippen molar-refractivity contribution in [1.82, 2.24) is 9.21 Å². The van der Waals surface area contributed by atoms with Crippen molar-refractivity contribution in [3.05, 3.63) is 29.6 Å². The lowest BCUT2D eigenvalue weighted by Crippen LogP contribution is -2.57. The van der Waals surface area contributed by atoms with Crippen molar-refractivity contribution in [2.24, 2.45) is 0 Å². The third kappa shape index (κ3) is 5.09. The second kappa shape index (κ2) is 7.61. The van der Waals surface area contributed by atoms with Crippen LogP contribution in [0.3, 0.4) is 0 Å². The Kier molecular flexibility index (Phi) is 5.95. The van der Waals surface area contributed by atoms with E-state index in [0.29, 0.717) is 23.5 Å². The lowest BCUT2D eigenvalue weighted by molar-refractivity contribution is 0.0102. The zero-order valence-corrected chi connectivity index (χ0v) is 15.9. The summed E-state index contributed by atoms with van der Waals surface area (Å²) in [5.41, 5.74) is -0.240. The second-order valence-corrected chi connectivity index (χ2v) is 7.96. The molecule has 25 heavy (non-hydrogen) atoms. The highest BCUT2D eigenvalue weighted by Crippen LogP contribution is 2.32. The molecule has 6 nitrogen and oxygen atoms in total. The molecule has 0 atom stereocenters. The molecule has 1 fully saturated rings. The molecule has 138 valence electrons. The molecule has 1 heterocycles. The Bertz CT molecular complexity index is 657. The van der Waals surface area contributed by atoms with Gasteiger partial charge < -0.3 is 14.4 Å². The Morgan fingerprint density at radius 2 is 1.96 bits per heavy atom. The maximum Gasteiger partial charge on any atom is 0.410 e. The van der Waals surface area contributed by atoms with Gasteiger partial charge in [-0.3, -0.25) is 0 Å². The minimum atomic E-state index is -0.541. The number of benzene rings is 1. The largest absolute Gasteiger partial charge is 0.465 e. The molecule has 0 radical (unpaired) electrons. The predicted molar refractivity (Wildman–Crippen MR) is 93.0 cm³/mol. The van der Waals surface area contributed by atoms with Crippen molar-refractivity contribution in [2.45, 2.75) is 37.3 Å². The minimum Gasteiger partial charge on any atom is -0.465 e. The molecule has 1 aromatic rings. The number of likely N-dealkylation sites (N-methyl/N-ethyl adjacent to an activating group) is 1. The number of carbonyl (C=O) groups excluding carboxylic acids is 2. The summed E-state index contributed by atoms with van der Waals surface area (Å²) in [7, 11) is 2.98. The van der Waals surface area contributed by atoms with Gasteiger partial charge in [0, 0.05) is 20.1 Å². The first kappa shape index (κ1) is 19.5. The van der Waals surface area contributed by atoms with E-state index in [-0.39, 0.29) is 12.1 Å². The van der Waals surface area contributed by atoms with Crippen molar-refractivity contribution in [3.63, 3.8) is 0 Å². The molecule has 1 aliphatic rings. The summed E-state index contributed by atoms with van der Waals surface area (Å²) in [4.78, 5) is 25.5. The monoisotopic (exact) mass is 370 g/mol. The third-order valence-corrected chi connectivity index (χ3v) is 4.70. The van der Waals surface area contributed by atoms with Gasteiger partial charge in [-0.05, 0) is 50.9 Å². The van der Waals surface area contributed by atoms with Crippen LogP contribution in [0.25, 0.3) is 0 Å². The van der Waals surface area contributed by atoms with Gasteiger partial charge in [-0.1, -0.05) is 0 Å². The highest BCUT2D eigenvalue weighted by Gasteiger charge is 2.35. The van der Waals surface area contributed by atoms with Crippen LogP contribution in [0.5, 0.6) is 0 Å². The van der Waals surface area contributed by atoms with Crippen molar-refractivity contribution in [2.75, 3.05) is 27.2 Å². The van der Waals surface area contributed by atoms with E-state index in [9.17, 15) is 14.0 Å². The first-order valence-corrected chi connectivity index (χ1v) is 8.64. The van der Waals surface area contributed by atoms with E-state index in [2.05, 4.69) is 4.74 Å². The molecule has 0 aliphatic carbocycles. The molecular weight excluding hydrogens is 347 g/mol. The van der Waals surface area contributed by atoms with Crippen LogP contribution < -0.4 is 0 Å². The number of esters is 1. The Balaban J connectivity index is 1.91. The Labute approximate surface area is 151 Å². The summed E-state index contributed by atoms with van der Waals surface area (Å²) in [5, 5.41) is 0. The van der Waals surface area contributed by atoms with E-state index in [0.717, 1.165) is 0 Å². The summed E-state index contributed by atoms with van der Waals surface area (Å²) in [5.74, 6) is -0.908. The zero-order valence-electron chi connectivity index (χ0n) is 15.0. The normalized spacial score (nSPS) is 15.4. The molecule has 1 aromatic carbocycles. The van der Waals surface area contributed by atoms with Crippen LogP contribution in [0.2, 0.25) is 0 Å². The summed E-state index contributed by atoms with van der Waals surface area (Å²) < 4.78 is 25.8. The quantitative estimate of drug-likeness (QED) is 0.599.